The quantitative estimate of drug-likeness (QED) is 0.863. The molecule has 0 aromatic heterocycles. The molecule has 1 aromatic rings. The Morgan fingerprint density at radius 1 is 1.56 bits per heavy atom. The van der Waals surface area contributed by atoms with Crippen molar-refractivity contribution < 1.29 is 9.18 Å². The molecule has 0 bridgehead atoms. The third-order valence-electron chi connectivity index (χ3n) is 2.47. The van der Waals surface area contributed by atoms with Crippen LogP contribution in [-0.2, 0) is 4.79 Å². The molecule has 5 heteroatoms. The highest BCUT2D eigenvalue weighted by atomic mass is 19.1. The van der Waals surface area contributed by atoms with Gasteiger partial charge in [0, 0.05) is 19.3 Å². The lowest BCUT2D eigenvalue weighted by molar-refractivity contribution is -0.119. The second kappa shape index (κ2) is 6.60. The molecule has 0 atom stereocenters. The average molecular weight is 249 g/mol. The predicted octanol–water partition coefficient (Wildman–Crippen LogP) is 1.66. The van der Waals surface area contributed by atoms with Crippen LogP contribution in [0.4, 0.5) is 10.1 Å². The zero-order valence-electron chi connectivity index (χ0n) is 10.5. The second-order valence-electron chi connectivity index (χ2n) is 3.98. The molecule has 0 spiro atoms. The fourth-order valence-corrected chi connectivity index (χ4v) is 1.46. The van der Waals surface area contributed by atoms with Crippen molar-refractivity contribution in [2.75, 3.05) is 25.0 Å². The highest BCUT2D eigenvalue weighted by Crippen LogP contribution is 2.16. The predicted molar refractivity (Wildman–Crippen MR) is 67.7 cm³/mol. The molecule has 0 saturated carbocycles. The van der Waals surface area contributed by atoms with Gasteiger partial charge in [0.15, 0.2) is 0 Å². The summed E-state index contributed by atoms with van der Waals surface area (Å²) in [5.74, 6) is -0.681. The Kier molecular flexibility index (Phi) is 5.12. The molecule has 1 amide bonds. The van der Waals surface area contributed by atoms with E-state index in [2.05, 4.69) is 5.32 Å². The molecule has 1 N–H and O–H groups in total. The molecule has 96 valence electrons. The van der Waals surface area contributed by atoms with E-state index < -0.39 is 5.82 Å². The normalized spacial score (nSPS) is 9.67. The number of nitrogens with one attached hydrogen (secondary N) is 1. The molecule has 0 aliphatic rings. The van der Waals surface area contributed by atoms with Crippen molar-refractivity contribution in [3.63, 3.8) is 0 Å². The van der Waals surface area contributed by atoms with E-state index in [-0.39, 0.29) is 18.0 Å². The molecule has 0 radical (unpaired) electrons. The van der Waals surface area contributed by atoms with Crippen LogP contribution in [0.5, 0.6) is 0 Å². The van der Waals surface area contributed by atoms with Crippen LogP contribution in [0.1, 0.15) is 18.9 Å². The van der Waals surface area contributed by atoms with Crippen molar-refractivity contribution in [3.8, 4) is 6.07 Å². The summed E-state index contributed by atoms with van der Waals surface area (Å²) in [7, 11) is 1.70. The average Bonchev–Trinajstić information content (AvgIpc) is 2.36. The number of carbonyl (C=O) groups excluding carboxylic acids is 1. The molecule has 4 nitrogen and oxygen atoms in total. The van der Waals surface area contributed by atoms with Gasteiger partial charge in [0.05, 0.1) is 12.1 Å². The Morgan fingerprint density at radius 2 is 2.28 bits per heavy atom. The number of benzene rings is 1. The van der Waals surface area contributed by atoms with Gasteiger partial charge in [-0.3, -0.25) is 4.79 Å². The van der Waals surface area contributed by atoms with Crippen molar-refractivity contribution in [1.29, 1.82) is 5.26 Å². The lowest BCUT2D eigenvalue weighted by Crippen LogP contribution is -2.35. The summed E-state index contributed by atoms with van der Waals surface area (Å²) in [5.41, 5.74) is 0.570. The topological polar surface area (TPSA) is 56.1 Å². The van der Waals surface area contributed by atoms with E-state index in [0.29, 0.717) is 12.2 Å². The summed E-state index contributed by atoms with van der Waals surface area (Å²) < 4.78 is 13.4. The van der Waals surface area contributed by atoms with Crippen molar-refractivity contribution in [3.05, 3.63) is 29.6 Å². The summed E-state index contributed by atoms with van der Waals surface area (Å²) in [6, 6.07) is 6.04. The third kappa shape index (κ3) is 3.74. The number of amides is 1. The van der Waals surface area contributed by atoms with Gasteiger partial charge in [-0.25, -0.2) is 4.39 Å². The van der Waals surface area contributed by atoms with Gasteiger partial charge >= 0.3 is 0 Å². The number of carbonyl (C=O) groups is 1. The van der Waals surface area contributed by atoms with Crippen molar-refractivity contribution in [1.82, 2.24) is 5.32 Å². The molecule has 18 heavy (non-hydrogen) atoms. The Bertz CT molecular complexity index is 468. The molecule has 0 unspecified atom stereocenters. The standard InChI is InChI=1S/C13H16FN3O/c1-3-6-16-13(18)9-17(2)11-5-4-10(8-15)12(14)7-11/h4-5,7H,3,6,9H2,1-2H3,(H,16,18). The number of rotatable bonds is 5. The molecule has 0 heterocycles. The van der Waals surface area contributed by atoms with Gasteiger partial charge in [0.1, 0.15) is 11.9 Å². The number of anilines is 1. The number of nitriles is 1. The number of halogens is 1. The lowest BCUT2D eigenvalue weighted by atomic mass is 10.2. The molecule has 0 saturated heterocycles. The molecule has 1 aromatic carbocycles. The van der Waals surface area contributed by atoms with E-state index in [1.807, 2.05) is 6.92 Å². The summed E-state index contributed by atoms with van der Waals surface area (Å²) in [6.45, 7) is 2.76. The molecular weight excluding hydrogens is 233 g/mol. The molecule has 1 rings (SSSR count). The van der Waals surface area contributed by atoms with Crippen LogP contribution < -0.4 is 10.2 Å². The molecule has 0 fully saturated rings. The zero-order valence-corrected chi connectivity index (χ0v) is 10.5. The maximum Gasteiger partial charge on any atom is 0.239 e. The first kappa shape index (κ1) is 14.0. The first-order valence-corrected chi connectivity index (χ1v) is 5.76. The van der Waals surface area contributed by atoms with E-state index in [1.165, 1.54) is 12.1 Å². The van der Waals surface area contributed by atoms with Crippen LogP contribution in [0.3, 0.4) is 0 Å². The van der Waals surface area contributed by atoms with E-state index in [0.717, 1.165) is 6.42 Å². The van der Waals surface area contributed by atoms with Crippen molar-refractivity contribution >= 4 is 11.6 Å². The minimum atomic E-state index is -0.573. The Morgan fingerprint density at radius 3 is 2.83 bits per heavy atom. The fourth-order valence-electron chi connectivity index (χ4n) is 1.46. The largest absolute Gasteiger partial charge is 0.365 e. The first-order chi connectivity index (χ1) is 8.58. The number of likely N-dealkylation sites (N-methyl/N-ethyl adjacent to an activating group) is 1. The van der Waals surface area contributed by atoms with Crippen LogP contribution in [0, 0.1) is 17.1 Å². The van der Waals surface area contributed by atoms with Crippen LogP contribution in [0.25, 0.3) is 0 Å². The monoisotopic (exact) mass is 249 g/mol. The highest BCUT2D eigenvalue weighted by Gasteiger charge is 2.09. The Hall–Kier alpha value is -2.09. The van der Waals surface area contributed by atoms with Crippen LogP contribution in [-0.4, -0.2) is 26.0 Å². The number of hydrogen-bond donors (Lipinski definition) is 1. The van der Waals surface area contributed by atoms with Crippen molar-refractivity contribution in [2.45, 2.75) is 13.3 Å². The first-order valence-electron chi connectivity index (χ1n) is 5.76. The Balaban J connectivity index is 2.67. The van der Waals surface area contributed by atoms with Gasteiger partial charge < -0.3 is 10.2 Å². The molecule has 0 aliphatic carbocycles. The van der Waals surface area contributed by atoms with Crippen LogP contribution >= 0.6 is 0 Å². The van der Waals surface area contributed by atoms with Crippen LogP contribution in [0.2, 0.25) is 0 Å². The molecule has 0 aliphatic heterocycles. The summed E-state index contributed by atoms with van der Waals surface area (Å²) >= 11 is 0. The maximum atomic E-state index is 13.4. The lowest BCUT2D eigenvalue weighted by Gasteiger charge is -2.18. The number of nitrogens with zero attached hydrogens (tertiary/aromatic N) is 2. The Labute approximate surface area is 106 Å². The third-order valence-corrected chi connectivity index (χ3v) is 2.47. The SMILES string of the molecule is CCCNC(=O)CN(C)c1ccc(C#N)c(F)c1. The van der Waals surface area contributed by atoms with Crippen molar-refractivity contribution in [2.24, 2.45) is 0 Å². The van der Waals surface area contributed by atoms with Crippen LogP contribution in [0.15, 0.2) is 18.2 Å². The minimum absolute atomic E-state index is 0.00239. The van der Waals surface area contributed by atoms with E-state index in [9.17, 15) is 9.18 Å². The zero-order chi connectivity index (χ0) is 13.5. The van der Waals surface area contributed by atoms with Gasteiger partial charge in [-0.05, 0) is 24.6 Å². The maximum absolute atomic E-state index is 13.4. The highest BCUT2D eigenvalue weighted by molar-refractivity contribution is 5.81. The number of hydrogen-bond acceptors (Lipinski definition) is 3. The fraction of sp³-hybridized carbons (Fsp3) is 0.385. The van der Waals surface area contributed by atoms with Gasteiger partial charge in [0.25, 0.3) is 0 Å². The second-order valence-corrected chi connectivity index (χ2v) is 3.98. The van der Waals surface area contributed by atoms with Gasteiger partial charge in [-0.1, -0.05) is 6.92 Å². The minimum Gasteiger partial charge on any atom is -0.365 e. The van der Waals surface area contributed by atoms with E-state index in [1.54, 1.807) is 24.1 Å². The van der Waals surface area contributed by atoms with E-state index >= 15 is 0 Å². The van der Waals surface area contributed by atoms with Gasteiger partial charge in [-0.2, -0.15) is 5.26 Å². The summed E-state index contributed by atoms with van der Waals surface area (Å²) in [6.07, 6.45) is 0.876. The van der Waals surface area contributed by atoms with Gasteiger partial charge in [-0.15, -0.1) is 0 Å². The molecular formula is C13H16FN3O. The smallest absolute Gasteiger partial charge is 0.239 e. The summed E-state index contributed by atoms with van der Waals surface area (Å²) in [4.78, 5) is 13.1. The van der Waals surface area contributed by atoms with Gasteiger partial charge in [0.2, 0.25) is 5.91 Å². The summed E-state index contributed by atoms with van der Waals surface area (Å²) in [5, 5.41) is 11.4. The van der Waals surface area contributed by atoms with E-state index in [4.69, 9.17) is 5.26 Å².